The number of nitrogens with two attached hydrogens (primary N) is 3. The minimum Gasteiger partial charge on any atom is -0.399 e. The topological polar surface area (TPSA) is 208 Å². The van der Waals surface area contributed by atoms with Gasteiger partial charge in [-0.25, -0.2) is 5.84 Å². The third-order valence-corrected chi connectivity index (χ3v) is 3.82. The summed E-state index contributed by atoms with van der Waals surface area (Å²) in [6.45, 7) is -0.810. The van der Waals surface area contributed by atoms with Crippen LogP contribution in [0.3, 0.4) is 0 Å². The molecule has 0 unspecified atom stereocenters. The number of aliphatic hydroxyl groups excluding tert-OH is 5. The standard InChI is InChI=1S/C12H12N2.C6H14N2O6.Ni/c13-11-5-1-9(2-6-11)10-3-7-12(14)8-4-10;7-8-6(14)5(13)4(12)3(11)2(10)1-9;/h1-8H,13-14H2;2-5,9-13H,1,7H2,(H,8,14);/t;2-,3-,4+,5-;/m.1./s1. The van der Waals surface area contributed by atoms with Gasteiger partial charge in [-0.3, -0.25) is 10.2 Å². The summed E-state index contributed by atoms with van der Waals surface area (Å²) in [6, 6.07) is 15.6. The normalized spacial score (nSPS) is 14.3. The van der Waals surface area contributed by atoms with Crippen LogP contribution in [0.4, 0.5) is 11.4 Å². The summed E-state index contributed by atoms with van der Waals surface area (Å²) in [5, 5.41) is 44.4. The van der Waals surface area contributed by atoms with E-state index in [9.17, 15) is 4.79 Å². The third-order valence-electron chi connectivity index (χ3n) is 3.82. The Morgan fingerprint density at radius 3 is 1.52 bits per heavy atom. The number of carbonyl (C=O) groups excluding carboxylic acids is 1. The number of amides is 1. The van der Waals surface area contributed by atoms with E-state index < -0.39 is 36.9 Å². The Bertz CT molecular complexity index is 689. The molecule has 0 spiro atoms. The molecule has 2 rings (SSSR count). The Morgan fingerprint density at radius 2 is 1.21 bits per heavy atom. The maximum atomic E-state index is 10.7. The van der Waals surface area contributed by atoms with Gasteiger partial charge in [0.15, 0.2) is 6.10 Å². The summed E-state index contributed by atoms with van der Waals surface area (Å²) in [7, 11) is 0. The molecule has 4 atom stereocenters. The molecular weight excluding hydrogens is 427 g/mol. The smallest absolute Gasteiger partial charge is 0.265 e. The fraction of sp³-hybridized carbons (Fsp3) is 0.278. The number of hydrazine groups is 1. The molecule has 29 heavy (non-hydrogen) atoms. The van der Waals surface area contributed by atoms with Gasteiger partial charge in [0.2, 0.25) is 0 Å². The molecule has 0 aromatic heterocycles. The monoisotopic (exact) mass is 452 g/mol. The van der Waals surface area contributed by atoms with Crippen molar-refractivity contribution in [3.05, 3.63) is 48.5 Å². The predicted molar refractivity (Wildman–Crippen MR) is 104 cm³/mol. The summed E-state index contributed by atoms with van der Waals surface area (Å²) in [5.41, 5.74) is 16.6. The molecule has 1 amide bonds. The molecule has 0 aliphatic carbocycles. The summed E-state index contributed by atoms with van der Waals surface area (Å²) in [4.78, 5) is 10.7. The van der Waals surface area contributed by atoms with Crippen molar-refractivity contribution in [2.24, 2.45) is 5.84 Å². The molecule has 10 nitrogen and oxygen atoms in total. The van der Waals surface area contributed by atoms with E-state index in [1.165, 1.54) is 0 Å². The van der Waals surface area contributed by atoms with E-state index in [1.54, 1.807) is 5.43 Å². The number of aliphatic hydroxyl groups is 5. The number of nitrogen functional groups attached to an aromatic ring is 2. The van der Waals surface area contributed by atoms with Gasteiger partial charge in [-0.2, -0.15) is 0 Å². The van der Waals surface area contributed by atoms with Crippen molar-refractivity contribution in [2.75, 3.05) is 18.1 Å². The van der Waals surface area contributed by atoms with E-state index in [2.05, 4.69) is 5.84 Å². The third kappa shape index (κ3) is 8.34. The van der Waals surface area contributed by atoms with Crippen LogP contribution in [0.15, 0.2) is 48.5 Å². The van der Waals surface area contributed by atoms with E-state index in [1.807, 2.05) is 48.5 Å². The molecule has 2 aromatic carbocycles. The molecule has 0 saturated heterocycles. The van der Waals surface area contributed by atoms with Crippen molar-refractivity contribution >= 4 is 17.3 Å². The predicted octanol–water partition coefficient (Wildman–Crippen LogP) is -2.07. The molecule has 12 N–H and O–H groups in total. The molecule has 11 heteroatoms. The fourth-order valence-corrected chi connectivity index (χ4v) is 2.11. The fourth-order valence-electron chi connectivity index (χ4n) is 2.11. The number of carbonyl (C=O) groups is 1. The largest absolute Gasteiger partial charge is 0.399 e. The zero-order valence-electron chi connectivity index (χ0n) is 15.3. The van der Waals surface area contributed by atoms with Crippen molar-refractivity contribution in [1.82, 2.24) is 5.43 Å². The van der Waals surface area contributed by atoms with E-state index in [0.29, 0.717) is 0 Å². The van der Waals surface area contributed by atoms with Gasteiger partial charge in [0, 0.05) is 27.9 Å². The second-order valence-electron chi connectivity index (χ2n) is 5.93. The van der Waals surface area contributed by atoms with Gasteiger partial charge in [0.25, 0.3) is 5.91 Å². The summed E-state index contributed by atoms with van der Waals surface area (Å²) < 4.78 is 0. The molecule has 0 heterocycles. The molecule has 0 aliphatic rings. The summed E-state index contributed by atoms with van der Waals surface area (Å²) >= 11 is 0. The van der Waals surface area contributed by atoms with Crippen molar-refractivity contribution in [2.45, 2.75) is 24.4 Å². The van der Waals surface area contributed by atoms with Gasteiger partial charge in [-0.1, -0.05) is 24.3 Å². The van der Waals surface area contributed by atoms with Crippen molar-refractivity contribution in [1.29, 1.82) is 0 Å². The van der Waals surface area contributed by atoms with Crippen molar-refractivity contribution in [3.63, 3.8) is 0 Å². The van der Waals surface area contributed by atoms with E-state index in [-0.39, 0.29) is 16.5 Å². The van der Waals surface area contributed by atoms with Gasteiger partial charge in [-0.15, -0.1) is 0 Å². The van der Waals surface area contributed by atoms with E-state index in [0.717, 1.165) is 22.5 Å². The van der Waals surface area contributed by atoms with Crippen molar-refractivity contribution in [3.8, 4) is 11.1 Å². The van der Waals surface area contributed by atoms with Crippen LogP contribution in [0.5, 0.6) is 0 Å². The van der Waals surface area contributed by atoms with Gasteiger partial charge < -0.3 is 37.0 Å². The Morgan fingerprint density at radius 1 is 0.828 bits per heavy atom. The van der Waals surface area contributed by atoms with Gasteiger partial charge in [0.1, 0.15) is 18.3 Å². The van der Waals surface area contributed by atoms with Crippen LogP contribution in [0.2, 0.25) is 0 Å². The molecular formula is C18H26N4NiO6. The van der Waals surface area contributed by atoms with Crippen LogP contribution in [0.1, 0.15) is 0 Å². The average molecular weight is 453 g/mol. The van der Waals surface area contributed by atoms with Crippen molar-refractivity contribution < 1.29 is 46.8 Å². The average Bonchev–Trinajstić information content (AvgIpc) is 2.72. The molecule has 0 bridgehead atoms. The van der Waals surface area contributed by atoms with E-state index in [4.69, 9.17) is 37.0 Å². The second kappa shape index (κ2) is 13.1. The first-order chi connectivity index (χ1) is 13.2. The minimum atomic E-state index is -1.98. The van der Waals surface area contributed by atoms with Crippen LogP contribution >= 0.6 is 0 Å². The molecule has 0 radical (unpaired) electrons. The van der Waals surface area contributed by atoms with E-state index >= 15 is 0 Å². The maximum absolute atomic E-state index is 10.7. The molecule has 0 aliphatic heterocycles. The Labute approximate surface area is 177 Å². The number of nitrogens with one attached hydrogen (secondary N) is 1. The molecule has 0 fully saturated rings. The van der Waals surface area contributed by atoms with Crippen LogP contribution in [-0.2, 0) is 21.3 Å². The number of rotatable bonds is 6. The second-order valence-corrected chi connectivity index (χ2v) is 5.93. The van der Waals surface area contributed by atoms with Gasteiger partial charge in [-0.05, 0) is 35.4 Å². The zero-order chi connectivity index (χ0) is 21.3. The Balaban J connectivity index is 0.000000523. The maximum Gasteiger partial charge on any atom is 0.265 e. The Hall–Kier alpha value is -2.24. The number of benzene rings is 2. The Kier molecular flexibility index (Phi) is 12.1. The summed E-state index contributed by atoms with van der Waals surface area (Å²) in [5.74, 6) is 3.55. The quantitative estimate of drug-likeness (QED) is 0.0773. The van der Waals surface area contributed by atoms with Gasteiger partial charge in [0.05, 0.1) is 6.61 Å². The van der Waals surface area contributed by atoms with Crippen LogP contribution in [0.25, 0.3) is 11.1 Å². The summed E-state index contributed by atoms with van der Waals surface area (Å²) in [6.07, 6.45) is -7.39. The SMILES string of the molecule is NNC(=O)[C@H](O)[C@@H](O)[C@H](O)[C@H](O)CO.Nc1ccc(-c2ccc(N)cc2)cc1.[Ni]. The van der Waals surface area contributed by atoms with Gasteiger partial charge >= 0.3 is 0 Å². The first-order valence-electron chi connectivity index (χ1n) is 8.26. The first kappa shape index (κ1) is 26.8. The minimum absolute atomic E-state index is 0. The van der Waals surface area contributed by atoms with Crippen LogP contribution < -0.4 is 22.7 Å². The number of hydrogen-bond donors (Lipinski definition) is 9. The number of hydrogen-bond acceptors (Lipinski definition) is 9. The zero-order valence-corrected chi connectivity index (χ0v) is 16.3. The number of anilines is 2. The van der Waals surface area contributed by atoms with Crippen LogP contribution in [-0.4, -0.2) is 62.5 Å². The molecule has 164 valence electrons. The molecule has 2 aromatic rings. The van der Waals surface area contributed by atoms with Crippen LogP contribution in [0, 0.1) is 0 Å². The molecule has 0 saturated carbocycles. The first-order valence-corrected chi connectivity index (χ1v) is 8.26.